The Morgan fingerprint density at radius 3 is 0.885 bits per heavy atom. The standard InChI is InChI=1S/C10H20O.5C9H18O2.3C8H16O2/c1-7(2)9-4-8(3)5-10(11)6-9;1-6(2)8-5-7(10)3-4-9(8)11;1-6(2)8-4-3-7(10)5-9(8)11;1-6(2)7-3-4-8(10)9(11)5-7;1-6(2)9-7(10)4-3-5-8(9)11;1-6(2)7-4-3-5-8(10)9(7)11;1-5(2)7-3-6(9)4-8(7)10;1-5(2)6-3-7(9)8(10)4-6;1-5(2)8-6(9)3-4-7(8)10/h7-11H,4-6H2,1-3H3;5*6-11H,3-5H2,1-2H3;3*5-10H,3-4H2,1-2H3. The van der Waals surface area contributed by atoms with Crippen molar-refractivity contribution in [2.45, 2.75) is 389 Å². The van der Waals surface area contributed by atoms with Crippen LogP contribution in [0.2, 0.25) is 0 Å². The van der Waals surface area contributed by atoms with Gasteiger partial charge in [-0.15, -0.1) is 0 Å². The number of hydrogen-bond acceptors (Lipinski definition) is 17. The van der Waals surface area contributed by atoms with Crippen LogP contribution < -0.4 is 0 Å². The Bertz CT molecular complexity index is 1860. The van der Waals surface area contributed by atoms with Crippen molar-refractivity contribution in [2.75, 3.05) is 0 Å². The molecule has 96 heavy (non-hydrogen) atoms. The van der Waals surface area contributed by atoms with Gasteiger partial charge in [0.25, 0.3) is 0 Å². The molecule has 24 unspecified atom stereocenters. The second-order valence-corrected chi connectivity index (χ2v) is 34.8. The molecule has 9 rings (SSSR count). The van der Waals surface area contributed by atoms with Crippen LogP contribution in [0.5, 0.6) is 0 Å². The topological polar surface area (TPSA) is 344 Å². The van der Waals surface area contributed by atoms with Crippen molar-refractivity contribution in [3.63, 3.8) is 0 Å². The normalized spacial score (nSPS) is 40.0. The van der Waals surface area contributed by atoms with E-state index in [1.807, 2.05) is 13.8 Å². The highest BCUT2D eigenvalue weighted by Gasteiger charge is 2.39. The van der Waals surface area contributed by atoms with Crippen molar-refractivity contribution in [3.05, 3.63) is 0 Å². The average molecular weight is 1380 g/mol. The minimum atomic E-state index is -0.483. The van der Waals surface area contributed by atoms with E-state index in [0.29, 0.717) is 95.7 Å². The summed E-state index contributed by atoms with van der Waals surface area (Å²) in [5, 5.41) is 159. The van der Waals surface area contributed by atoms with Crippen molar-refractivity contribution >= 4 is 0 Å². The second-order valence-electron chi connectivity index (χ2n) is 34.8. The highest BCUT2D eigenvalue weighted by molar-refractivity contribution is 4.89. The molecule has 0 aromatic rings. The Morgan fingerprint density at radius 1 is 0.198 bits per heavy atom. The lowest BCUT2D eigenvalue weighted by Gasteiger charge is -2.34. The van der Waals surface area contributed by atoms with Crippen molar-refractivity contribution in [1.29, 1.82) is 0 Å². The molecule has 17 heteroatoms. The van der Waals surface area contributed by atoms with Gasteiger partial charge in [-0.3, -0.25) is 0 Å². The Kier molecular flexibility index (Phi) is 46.3. The second kappa shape index (κ2) is 47.6. The van der Waals surface area contributed by atoms with Gasteiger partial charge in [-0.25, -0.2) is 0 Å². The van der Waals surface area contributed by atoms with E-state index in [-0.39, 0.29) is 79.0 Å². The first-order valence-corrected chi connectivity index (χ1v) is 39.1. The van der Waals surface area contributed by atoms with E-state index in [9.17, 15) is 71.5 Å². The van der Waals surface area contributed by atoms with Gasteiger partial charge >= 0.3 is 0 Å². The Balaban J connectivity index is 0.000000540. The molecule has 0 radical (unpaired) electrons. The van der Waals surface area contributed by atoms with Gasteiger partial charge < -0.3 is 86.8 Å². The summed E-state index contributed by atoms with van der Waals surface area (Å²) in [6, 6.07) is 0. The molecule has 0 heterocycles. The molecule has 17 N–H and O–H groups in total. The first-order valence-electron chi connectivity index (χ1n) is 39.1. The molecule has 0 aromatic heterocycles. The number of aliphatic hydroxyl groups excluding tert-OH is 17. The summed E-state index contributed by atoms with van der Waals surface area (Å²) < 4.78 is 0. The molecular formula is C79H158O17. The van der Waals surface area contributed by atoms with Crippen LogP contribution in [-0.4, -0.2) is 191 Å². The monoisotopic (exact) mass is 1380 g/mol. The third-order valence-corrected chi connectivity index (χ3v) is 23.7. The number of hydrogen-bond donors (Lipinski definition) is 17. The largest absolute Gasteiger partial charge is 0.393 e. The molecule has 576 valence electrons. The summed E-state index contributed by atoms with van der Waals surface area (Å²) in [6.07, 6.45) is 15.3. The summed E-state index contributed by atoms with van der Waals surface area (Å²) in [7, 11) is 0. The third-order valence-electron chi connectivity index (χ3n) is 23.7. The van der Waals surface area contributed by atoms with E-state index in [1.165, 1.54) is 6.42 Å². The minimum Gasteiger partial charge on any atom is -0.393 e. The molecule has 9 aliphatic carbocycles. The molecule has 0 bridgehead atoms. The number of rotatable bonds is 9. The highest BCUT2D eigenvalue weighted by Crippen LogP contribution is 2.38. The van der Waals surface area contributed by atoms with E-state index < -0.39 is 36.6 Å². The molecule has 0 aromatic carbocycles. The maximum atomic E-state index is 9.56. The van der Waals surface area contributed by atoms with Crippen molar-refractivity contribution in [3.8, 4) is 0 Å². The molecule has 17 nitrogen and oxygen atoms in total. The zero-order valence-electron chi connectivity index (χ0n) is 64.4. The smallest absolute Gasteiger partial charge is 0.0829 e. The van der Waals surface area contributed by atoms with Crippen molar-refractivity contribution < 1.29 is 86.8 Å². The van der Waals surface area contributed by atoms with Crippen LogP contribution in [0.15, 0.2) is 0 Å². The number of aliphatic hydroxyl groups is 17. The van der Waals surface area contributed by atoms with Gasteiger partial charge in [0.15, 0.2) is 0 Å². The van der Waals surface area contributed by atoms with Crippen LogP contribution >= 0.6 is 0 Å². The maximum Gasteiger partial charge on any atom is 0.0829 e. The van der Waals surface area contributed by atoms with Gasteiger partial charge in [0, 0.05) is 11.8 Å². The summed E-state index contributed by atoms with van der Waals surface area (Å²) in [4.78, 5) is 0. The highest BCUT2D eigenvalue weighted by atomic mass is 16.3. The lowest BCUT2D eigenvalue weighted by atomic mass is 9.76. The van der Waals surface area contributed by atoms with E-state index in [1.54, 1.807) is 0 Å². The van der Waals surface area contributed by atoms with Gasteiger partial charge in [0.1, 0.15) is 0 Å². The van der Waals surface area contributed by atoms with Crippen molar-refractivity contribution in [1.82, 2.24) is 0 Å². The summed E-state index contributed by atoms with van der Waals surface area (Å²) in [5.41, 5.74) is 0. The molecule has 9 saturated carbocycles. The first kappa shape index (κ1) is 93.3. The van der Waals surface area contributed by atoms with Gasteiger partial charge in [-0.05, 0) is 248 Å². The predicted octanol–water partition coefficient (Wildman–Crippen LogP) is 10.6. The first-order chi connectivity index (χ1) is 44.5. The lowest BCUT2D eigenvalue weighted by Crippen LogP contribution is -2.39. The average Bonchev–Trinajstić information content (AvgIpc) is 1.80. The summed E-state index contributed by atoms with van der Waals surface area (Å²) in [6.45, 7) is 40.4. The van der Waals surface area contributed by atoms with Crippen molar-refractivity contribution in [2.24, 2.45) is 112 Å². The minimum absolute atomic E-state index is 0.0221. The molecule has 24 atom stereocenters. The SMILES string of the molecule is CC(C)C1C(O)CCC1O.CC(C)C1C(O)CCCC1O.CC(C)C1CC(O)C(O)C1.CC(C)C1CC(O)CC1O.CC(C)C1CC(O)CCC1O.CC(C)C1CCC(O)C(O)C1.CC(C)C1CCC(O)CC1O.CC(C)C1CCCC(O)C1O.CC1CC(O)CC(C(C)C)C1. The van der Waals surface area contributed by atoms with Crippen LogP contribution in [0.1, 0.15) is 286 Å². The van der Waals surface area contributed by atoms with Gasteiger partial charge in [-0.1, -0.05) is 138 Å². The molecule has 0 spiro atoms. The van der Waals surface area contributed by atoms with Crippen LogP contribution in [0.25, 0.3) is 0 Å². The fourth-order valence-corrected chi connectivity index (χ4v) is 16.9. The Morgan fingerprint density at radius 2 is 0.531 bits per heavy atom. The lowest BCUT2D eigenvalue weighted by molar-refractivity contribution is -0.0573. The van der Waals surface area contributed by atoms with E-state index in [4.69, 9.17) is 15.3 Å². The third kappa shape index (κ3) is 34.7. The zero-order valence-corrected chi connectivity index (χ0v) is 64.4. The molecule has 0 saturated heterocycles. The predicted molar refractivity (Wildman–Crippen MR) is 387 cm³/mol. The van der Waals surface area contributed by atoms with E-state index in [0.717, 1.165) is 153 Å². The summed E-state index contributed by atoms with van der Waals surface area (Å²) in [5.74, 6) is 8.90. The van der Waals surface area contributed by atoms with Crippen LogP contribution in [0.3, 0.4) is 0 Å². The van der Waals surface area contributed by atoms with Gasteiger partial charge in [0.05, 0.1) is 104 Å². The fourth-order valence-electron chi connectivity index (χ4n) is 16.9. The van der Waals surface area contributed by atoms with E-state index in [2.05, 4.69) is 118 Å². The Labute approximate surface area is 586 Å². The maximum absolute atomic E-state index is 9.56. The van der Waals surface area contributed by atoms with Crippen LogP contribution in [0, 0.1) is 112 Å². The molecule has 9 aliphatic rings. The van der Waals surface area contributed by atoms with Crippen LogP contribution in [-0.2, 0) is 0 Å². The Hall–Kier alpha value is -0.680. The molecule has 0 amide bonds. The van der Waals surface area contributed by atoms with Crippen LogP contribution in [0.4, 0.5) is 0 Å². The molecule has 9 fully saturated rings. The van der Waals surface area contributed by atoms with E-state index >= 15 is 0 Å². The molecular weight excluding hydrogens is 1220 g/mol. The van der Waals surface area contributed by atoms with Gasteiger partial charge in [-0.2, -0.15) is 0 Å². The zero-order chi connectivity index (χ0) is 73.8. The quantitative estimate of drug-likeness (QED) is 0.102. The summed E-state index contributed by atoms with van der Waals surface area (Å²) >= 11 is 0. The molecule has 0 aliphatic heterocycles. The fraction of sp³-hybridized carbons (Fsp3) is 1.00. The van der Waals surface area contributed by atoms with Gasteiger partial charge in [0.2, 0.25) is 0 Å².